The Morgan fingerprint density at radius 3 is 2.75 bits per heavy atom. The number of anilines is 1. The van der Waals surface area contributed by atoms with Crippen LogP contribution in [0.25, 0.3) is 0 Å². The van der Waals surface area contributed by atoms with Gasteiger partial charge in [0.1, 0.15) is 12.1 Å². The molecular formula is C9H9FN6. The molecule has 0 saturated carbocycles. The molecule has 0 aliphatic heterocycles. The van der Waals surface area contributed by atoms with Gasteiger partial charge in [0.25, 0.3) is 5.95 Å². The van der Waals surface area contributed by atoms with E-state index >= 15 is 0 Å². The molecule has 82 valence electrons. The minimum absolute atomic E-state index is 0.285. The highest BCUT2D eigenvalue weighted by atomic mass is 19.1. The van der Waals surface area contributed by atoms with Crippen molar-refractivity contribution in [3.05, 3.63) is 42.0 Å². The van der Waals surface area contributed by atoms with Crippen molar-refractivity contribution in [2.24, 2.45) is 5.10 Å². The van der Waals surface area contributed by atoms with Gasteiger partial charge >= 0.3 is 0 Å². The van der Waals surface area contributed by atoms with Crippen LogP contribution in [-0.2, 0) is 0 Å². The molecule has 0 radical (unpaired) electrons. The summed E-state index contributed by atoms with van der Waals surface area (Å²) in [5.74, 6) is 5.48. The molecule has 0 aliphatic rings. The number of hydrazone groups is 1. The molecule has 0 bridgehead atoms. The largest absolute Gasteiger partial charge is 0.335 e. The van der Waals surface area contributed by atoms with E-state index in [1.807, 2.05) is 0 Å². The molecule has 0 fully saturated rings. The monoisotopic (exact) mass is 220 g/mol. The van der Waals surface area contributed by atoms with Crippen LogP contribution in [0.2, 0.25) is 0 Å². The lowest BCUT2D eigenvalue weighted by Crippen LogP contribution is -2.10. The first-order valence-electron chi connectivity index (χ1n) is 4.45. The lowest BCUT2D eigenvalue weighted by molar-refractivity contribution is 0.628. The van der Waals surface area contributed by atoms with Gasteiger partial charge in [-0.15, -0.1) is 10.2 Å². The molecule has 3 N–H and O–H groups in total. The summed E-state index contributed by atoms with van der Waals surface area (Å²) in [5.41, 5.74) is 3.36. The van der Waals surface area contributed by atoms with E-state index in [1.165, 1.54) is 29.4 Å². The molecule has 16 heavy (non-hydrogen) atoms. The summed E-state index contributed by atoms with van der Waals surface area (Å²) in [6.07, 6.45) is 2.86. The fraction of sp³-hybridized carbons (Fsp3) is 0. The second kappa shape index (κ2) is 4.39. The van der Waals surface area contributed by atoms with Crippen LogP contribution >= 0.6 is 0 Å². The Bertz CT molecular complexity index is 489. The molecule has 6 nitrogen and oxygen atoms in total. The number of nitrogens with one attached hydrogen (secondary N) is 1. The van der Waals surface area contributed by atoms with Crippen LogP contribution in [0.5, 0.6) is 0 Å². The van der Waals surface area contributed by atoms with E-state index in [-0.39, 0.29) is 5.82 Å². The predicted molar refractivity (Wildman–Crippen MR) is 57.8 cm³/mol. The van der Waals surface area contributed by atoms with Crippen molar-refractivity contribution >= 4 is 12.2 Å². The van der Waals surface area contributed by atoms with E-state index in [0.29, 0.717) is 5.95 Å². The number of hydrogen-bond acceptors (Lipinski definition) is 5. The van der Waals surface area contributed by atoms with Crippen LogP contribution in [0.4, 0.5) is 10.3 Å². The Balaban J connectivity index is 2.00. The summed E-state index contributed by atoms with van der Waals surface area (Å²) in [5, 5.41) is 11.1. The van der Waals surface area contributed by atoms with Crippen LogP contribution < -0.4 is 11.3 Å². The number of nitrogens with zero attached hydrogens (tertiary/aromatic N) is 4. The molecule has 2 rings (SSSR count). The van der Waals surface area contributed by atoms with Crippen LogP contribution in [0.3, 0.4) is 0 Å². The van der Waals surface area contributed by atoms with Gasteiger partial charge in [-0.1, -0.05) is 12.1 Å². The van der Waals surface area contributed by atoms with Crippen molar-refractivity contribution in [2.45, 2.75) is 0 Å². The number of hydrogen-bond donors (Lipinski definition) is 2. The van der Waals surface area contributed by atoms with Gasteiger partial charge in [-0.2, -0.15) is 5.10 Å². The van der Waals surface area contributed by atoms with Crippen LogP contribution in [0, 0.1) is 5.82 Å². The maximum Gasteiger partial charge on any atom is 0.263 e. The van der Waals surface area contributed by atoms with Gasteiger partial charge < -0.3 is 5.84 Å². The number of nitrogens with two attached hydrogens (primary N) is 1. The molecular weight excluding hydrogens is 211 g/mol. The van der Waals surface area contributed by atoms with E-state index < -0.39 is 0 Å². The number of aromatic nitrogens is 3. The highest BCUT2D eigenvalue weighted by Gasteiger charge is 1.96. The average Bonchev–Trinajstić information content (AvgIpc) is 2.68. The van der Waals surface area contributed by atoms with E-state index in [1.54, 1.807) is 12.1 Å². The first-order valence-corrected chi connectivity index (χ1v) is 4.45. The summed E-state index contributed by atoms with van der Waals surface area (Å²) in [6, 6.07) is 5.92. The van der Waals surface area contributed by atoms with Crippen molar-refractivity contribution in [2.75, 3.05) is 11.3 Å². The number of halogens is 1. The van der Waals surface area contributed by atoms with Gasteiger partial charge in [-0.05, 0) is 17.7 Å². The highest BCUT2D eigenvalue weighted by molar-refractivity contribution is 5.79. The molecule has 0 saturated heterocycles. The van der Waals surface area contributed by atoms with E-state index in [0.717, 1.165) is 5.56 Å². The Labute approximate surface area is 90.6 Å². The third kappa shape index (κ3) is 2.32. The molecule has 0 amide bonds. The summed E-state index contributed by atoms with van der Waals surface area (Å²) >= 11 is 0. The minimum Gasteiger partial charge on any atom is -0.335 e. The third-order valence-corrected chi connectivity index (χ3v) is 1.82. The minimum atomic E-state index is -0.285. The van der Waals surface area contributed by atoms with E-state index in [4.69, 9.17) is 5.84 Å². The predicted octanol–water partition coefficient (Wildman–Crippen LogP) is 0.577. The molecule has 1 heterocycles. The van der Waals surface area contributed by atoms with Crippen LogP contribution in [-0.4, -0.2) is 21.1 Å². The van der Waals surface area contributed by atoms with Gasteiger partial charge in [0.2, 0.25) is 0 Å². The molecule has 2 aromatic rings. The van der Waals surface area contributed by atoms with Gasteiger partial charge in [-0.3, -0.25) is 0 Å². The van der Waals surface area contributed by atoms with Crippen LogP contribution in [0.15, 0.2) is 35.7 Å². The zero-order valence-corrected chi connectivity index (χ0v) is 8.21. The first-order chi connectivity index (χ1) is 7.75. The lowest BCUT2D eigenvalue weighted by Gasteiger charge is -1.97. The third-order valence-electron chi connectivity index (χ3n) is 1.82. The van der Waals surface area contributed by atoms with E-state index in [9.17, 15) is 4.39 Å². The van der Waals surface area contributed by atoms with E-state index in [2.05, 4.69) is 20.7 Å². The first kappa shape index (κ1) is 10.1. The van der Waals surface area contributed by atoms with Crippen molar-refractivity contribution in [1.82, 2.24) is 14.9 Å². The molecule has 7 heteroatoms. The Kier molecular flexibility index (Phi) is 2.77. The van der Waals surface area contributed by atoms with Crippen molar-refractivity contribution in [1.29, 1.82) is 0 Å². The Morgan fingerprint density at radius 1 is 1.38 bits per heavy atom. The van der Waals surface area contributed by atoms with Gasteiger partial charge in [0.05, 0.1) is 6.21 Å². The zero-order chi connectivity index (χ0) is 11.4. The second-order valence-electron chi connectivity index (χ2n) is 2.98. The molecule has 0 atom stereocenters. The number of benzene rings is 1. The van der Waals surface area contributed by atoms with Crippen LogP contribution in [0.1, 0.15) is 5.56 Å². The molecule has 0 unspecified atom stereocenters. The molecule has 1 aromatic carbocycles. The van der Waals surface area contributed by atoms with Gasteiger partial charge in [0.15, 0.2) is 0 Å². The summed E-state index contributed by atoms with van der Waals surface area (Å²) in [4.78, 5) is 0. The quantitative estimate of drug-likeness (QED) is 0.450. The SMILES string of the molecule is Nn1cnnc1N/N=C/c1ccc(F)cc1. The Hall–Kier alpha value is -2.44. The maximum atomic E-state index is 12.6. The molecule has 0 spiro atoms. The van der Waals surface area contributed by atoms with Gasteiger partial charge in [0, 0.05) is 0 Å². The Morgan fingerprint density at radius 2 is 2.12 bits per heavy atom. The topological polar surface area (TPSA) is 81.1 Å². The van der Waals surface area contributed by atoms with Crippen molar-refractivity contribution < 1.29 is 4.39 Å². The summed E-state index contributed by atoms with van der Waals surface area (Å²) < 4.78 is 13.8. The number of nitrogen functional groups attached to an aromatic ring is 1. The molecule has 0 aliphatic carbocycles. The standard InChI is InChI=1S/C9H9FN6/c10-8-3-1-7(2-4-8)5-12-14-9-15-13-6-16(9)11/h1-6H,11H2,(H,14,15)/b12-5+. The van der Waals surface area contributed by atoms with Crippen molar-refractivity contribution in [3.63, 3.8) is 0 Å². The zero-order valence-electron chi connectivity index (χ0n) is 8.21. The maximum absolute atomic E-state index is 12.6. The lowest BCUT2D eigenvalue weighted by atomic mass is 10.2. The number of rotatable bonds is 3. The smallest absolute Gasteiger partial charge is 0.263 e. The van der Waals surface area contributed by atoms with Crippen molar-refractivity contribution in [3.8, 4) is 0 Å². The summed E-state index contributed by atoms with van der Waals surface area (Å²) in [7, 11) is 0. The highest BCUT2D eigenvalue weighted by Crippen LogP contribution is 2.00. The second-order valence-corrected chi connectivity index (χ2v) is 2.98. The average molecular weight is 220 g/mol. The fourth-order valence-electron chi connectivity index (χ4n) is 1.04. The molecule has 1 aromatic heterocycles. The van der Waals surface area contributed by atoms with Gasteiger partial charge in [-0.25, -0.2) is 14.5 Å². The summed E-state index contributed by atoms with van der Waals surface area (Å²) in [6.45, 7) is 0. The fourth-order valence-corrected chi connectivity index (χ4v) is 1.04. The normalized spacial score (nSPS) is 10.8.